The van der Waals surface area contributed by atoms with Crippen molar-refractivity contribution in [1.29, 1.82) is 0 Å². The van der Waals surface area contributed by atoms with Gasteiger partial charge in [-0.05, 0) is 61.4 Å². The minimum atomic E-state index is -0.479. The largest absolute Gasteiger partial charge is 0.341 e. The van der Waals surface area contributed by atoms with Gasteiger partial charge in [0.15, 0.2) is 0 Å². The Labute approximate surface area is 174 Å². The number of hydrogen-bond donors (Lipinski definition) is 0. The number of amides is 1. The van der Waals surface area contributed by atoms with Gasteiger partial charge in [-0.25, -0.2) is 9.36 Å². The Bertz CT molecular complexity index is 1130. The van der Waals surface area contributed by atoms with E-state index in [9.17, 15) is 14.4 Å². The maximum absolute atomic E-state index is 13.4. The molecule has 0 spiro atoms. The third-order valence-electron chi connectivity index (χ3n) is 4.85. The molecule has 0 aliphatic rings. The smallest absolute Gasteiger partial charge is 0.336 e. The monoisotopic (exact) mass is 413 g/mol. The molecular formula is C22H27N3O3S. The summed E-state index contributed by atoms with van der Waals surface area (Å²) in [6.45, 7) is 9.16. The van der Waals surface area contributed by atoms with Crippen molar-refractivity contribution >= 4 is 27.5 Å². The van der Waals surface area contributed by atoms with E-state index in [1.54, 1.807) is 16.3 Å². The highest BCUT2D eigenvalue weighted by molar-refractivity contribution is 7.17. The fourth-order valence-corrected chi connectivity index (χ4v) is 4.51. The van der Waals surface area contributed by atoms with E-state index in [1.807, 2.05) is 45.9 Å². The number of thiophene rings is 1. The lowest BCUT2D eigenvalue weighted by molar-refractivity contribution is -0.131. The van der Waals surface area contributed by atoms with Crippen LogP contribution in [-0.2, 0) is 11.3 Å². The number of rotatable bonds is 7. The van der Waals surface area contributed by atoms with Gasteiger partial charge < -0.3 is 4.90 Å². The van der Waals surface area contributed by atoms with Crippen LogP contribution in [0.15, 0.2) is 39.2 Å². The molecule has 6 nitrogen and oxygen atoms in total. The van der Waals surface area contributed by atoms with Gasteiger partial charge in [0.2, 0.25) is 5.91 Å². The number of hydrogen-bond acceptors (Lipinski definition) is 4. The van der Waals surface area contributed by atoms with Crippen molar-refractivity contribution in [3.8, 4) is 5.69 Å². The van der Waals surface area contributed by atoms with Crippen LogP contribution in [0.1, 0.15) is 37.8 Å². The number of fused-ring (bicyclic) bond motifs is 1. The zero-order chi connectivity index (χ0) is 21.1. The van der Waals surface area contributed by atoms with Crippen LogP contribution in [-0.4, -0.2) is 33.0 Å². The second-order valence-corrected chi connectivity index (χ2v) is 8.29. The second-order valence-electron chi connectivity index (χ2n) is 7.37. The maximum Gasteiger partial charge on any atom is 0.336 e. The lowest BCUT2D eigenvalue weighted by Crippen LogP contribution is -2.43. The molecule has 2 aromatic heterocycles. The van der Waals surface area contributed by atoms with E-state index in [0.29, 0.717) is 29.0 Å². The van der Waals surface area contributed by atoms with Crippen LogP contribution in [0.25, 0.3) is 15.9 Å². The van der Waals surface area contributed by atoms with Gasteiger partial charge in [-0.2, -0.15) is 0 Å². The number of carbonyl (C=O) groups excluding carboxylic acids is 1. The molecule has 0 saturated carbocycles. The van der Waals surface area contributed by atoms with E-state index in [0.717, 1.165) is 24.0 Å². The number of benzene rings is 1. The zero-order valence-corrected chi connectivity index (χ0v) is 18.2. The average molecular weight is 414 g/mol. The summed E-state index contributed by atoms with van der Waals surface area (Å²) in [5, 5.41) is 1.79. The highest BCUT2D eigenvalue weighted by Crippen LogP contribution is 2.18. The summed E-state index contributed by atoms with van der Waals surface area (Å²) in [7, 11) is 0. The van der Waals surface area contributed by atoms with Crippen LogP contribution < -0.4 is 11.2 Å². The Kier molecular flexibility index (Phi) is 6.37. The predicted octanol–water partition coefficient (Wildman–Crippen LogP) is 3.48. The number of carbonyl (C=O) groups is 1. The number of aromatic nitrogens is 2. The maximum atomic E-state index is 13.4. The van der Waals surface area contributed by atoms with Gasteiger partial charge in [0.25, 0.3) is 5.56 Å². The minimum absolute atomic E-state index is 0.0723. The van der Waals surface area contributed by atoms with Gasteiger partial charge >= 0.3 is 5.69 Å². The van der Waals surface area contributed by atoms with Crippen LogP contribution in [0.4, 0.5) is 0 Å². The van der Waals surface area contributed by atoms with E-state index in [-0.39, 0.29) is 18.0 Å². The summed E-state index contributed by atoms with van der Waals surface area (Å²) in [6.07, 6.45) is 1.72. The molecule has 0 atom stereocenters. The van der Waals surface area contributed by atoms with Crippen molar-refractivity contribution in [2.24, 2.45) is 0 Å². The predicted molar refractivity (Wildman–Crippen MR) is 118 cm³/mol. The van der Waals surface area contributed by atoms with Crippen LogP contribution in [0.2, 0.25) is 0 Å². The molecule has 0 fully saturated rings. The van der Waals surface area contributed by atoms with E-state index in [1.165, 1.54) is 20.5 Å². The minimum Gasteiger partial charge on any atom is -0.341 e. The molecule has 0 saturated heterocycles. The molecule has 0 N–H and O–H groups in total. The van der Waals surface area contributed by atoms with Gasteiger partial charge in [0.1, 0.15) is 11.2 Å². The molecule has 3 aromatic rings. The SMILES string of the molecule is CCCN(CCC)C(=O)Cn1c(=O)n(-c2cc(C)cc(C)c2)c(=O)c2sccc21. The van der Waals surface area contributed by atoms with Crippen molar-refractivity contribution in [3.05, 3.63) is 61.6 Å². The molecule has 1 amide bonds. The summed E-state index contributed by atoms with van der Waals surface area (Å²) in [5.74, 6) is -0.103. The molecule has 7 heteroatoms. The first-order chi connectivity index (χ1) is 13.9. The van der Waals surface area contributed by atoms with Gasteiger partial charge in [0.05, 0.1) is 11.2 Å². The molecule has 0 aliphatic carbocycles. The third-order valence-corrected chi connectivity index (χ3v) is 5.74. The Morgan fingerprint density at radius 1 is 1.03 bits per heavy atom. The van der Waals surface area contributed by atoms with E-state index >= 15 is 0 Å². The molecule has 154 valence electrons. The number of aryl methyl sites for hydroxylation is 2. The fraction of sp³-hybridized carbons (Fsp3) is 0.409. The topological polar surface area (TPSA) is 64.3 Å². The molecule has 3 rings (SSSR count). The van der Waals surface area contributed by atoms with Gasteiger partial charge in [-0.1, -0.05) is 19.9 Å². The first-order valence-corrected chi connectivity index (χ1v) is 10.8. The molecule has 1 aromatic carbocycles. The lowest BCUT2D eigenvalue weighted by Gasteiger charge is -2.22. The molecule has 0 aliphatic heterocycles. The Morgan fingerprint density at radius 3 is 2.24 bits per heavy atom. The van der Waals surface area contributed by atoms with Crippen LogP contribution >= 0.6 is 11.3 Å². The standard InChI is InChI=1S/C22H27N3O3S/c1-5-8-23(9-6-2)19(26)14-24-18-7-10-29-20(18)21(27)25(22(24)28)17-12-15(3)11-16(4)13-17/h7,10-13H,5-6,8-9,14H2,1-4H3. The van der Waals surface area contributed by atoms with Crippen LogP contribution in [0.3, 0.4) is 0 Å². The first-order valence-electron chi connectivity index (χ1n) is 9.96. The van der Waals surface area contributed by atoms with E-state index in [4.69, 9.17) is 0 Å². The lowest BCUT2D eigenvalue weighted by atomic mass is 10.1. The number of nitrogens with zero attached hydrogens (tertiary/aromatic N) is 3. The van der Waals surface area contributed by atoms with Gasteiger partial charge in [-0.15, -0.1) is 11.3 Å². The molecule has 29 heavy (non-hydrogen) atoms. The van der Waals surface area contributed by atoms with Crippen molar-refractivity contribution in [1.82, 2.24) is 14.0 Å². The van der Waals surface area contributed by atoms with Crippen molar-refractivity contribution in [2.75, 3.05) is 13.1 Å². The highest BCUT2D eigenvalue weighted by Gasteiger charge is 2.20. The van der Waals surface area contributed by atoms with E-state index in [2.05, 4.69) is 0 Å². The summed E-state index contributed by atoms with van der Waals surface area (Å²) in [5.41, 5.74) is 2.18. The normalized spacial score (nSPS) is 11.2. The highest BCUT2D eigenvalue weighted by atomic mass is 32.1. The fourth-order valence-electron chi connectivity index (χ4n) is 3.68. The van der Waals surface area contributed by atoms with E-state index < -0.39 is 5.69 Å². The molecule has 0 unspecified atom stereocenters. The van der Waals surface area contributed by atoms with Crippen LogP contribution in [0, 0.1) is 13.8 Å². The van der Waals surface area contributed by atoms with Gasteiger partial charge in [0, 0.05) is 13.1 Å². The summed E-state index contributed by atoms with van der Waals surface area (Å²) >= 11 is 1.29. The summed E-state index contributed by atoms with van der Waals surface area (Å²) < 4.78 is 3.11. The summed E-state index contributed by atoms with van der Waals surface area (Å²) in [6, 6.07) is 7.38. The van der Waals surface area contributed by atoms with Gasteiger partial charge in [-0.3, -0.25) is 14.2 Å². The third kappa shape index (κ3) is 4.19. The Hall–Kier alpha value is -2.67. The van der Waals surface area contributed by atoms with Crippen LogP contribution in [0.5, 0.6) is 0 Å². The summed E-state index contributed by atoms with van der Waals surface area (Å²) in [4.78, 5) is 41.2. The molecule has 0 bridgehead atoms. The molecule has 2 heterocycles. The zero-order valence-electron chi connectivity index (χ0n) is 17.4. The Balaban J connectivity index is 2.18. The van der Waals surface area contributed by atoms with Crippen molar-refractivity contribution in [3.63, 3.8) is 0 Å². The quantitative estimate of drug-likeness (QED) is 0.596. The second kappa shape index (κ2) is 8.78. The first kappa shape index (κ1) is 21.0. The van der Waals surface area contributed by atoms with Crippen molar-refractivity contribution < 1.29 is 4.79 Å². The Morgan fingerprint density at radius 2 is 1.66 bits per heavy atom. The molecular weight excluding hydrogens is 386 g/mol. The molecule has 0 radical (unpaired) electrons. The average Bonchev–Trinajstić information content (AvgIpc) is 3.14. The van der Waals surface area contributed by atoms with Crippen molar-refractivity contribution in [2.45, 2.75) is 47.1 Å².